The monoisotopic (exact) mass is 391 g/mol. The van der Waals surface area contributed by atoms with Gasteiger partial charge in [0, 0.05) is 21.5 Å². The van der Waals surface area contributed by atoms with Gasteiger partial charge in [0.05, 0.1) is 5.69 Å². The van der Waals surface area contributed by atoms with Gasteiger partial charge in [-0.1, -0.05) is 23.2 Å². The maximum absolute atomic E-state index is 12.5. The number of anilines is 1. The molecule has 0 aromatic heterocycles. The van der Waals surface area contributed by atoms with E-state index < -0.39 is 23.5 Å². The lowest BCUT2D eigenvalue weighted by molar-refractivity contribution is -0.116. The number of hydrogen-bond donors (Lipinski definition) is 1. The van der Waals surface area contributed by atoms with E-state index in [9.17, 15) is 14.4 Å². The van der Waals surface area contributed by atoms with E-state index in [1.165, 1.54) is 18.2 Å². The van der Waals surface area contributed by atoms with E-state index in [-0.39, 0.29) is 22.3 Å². The third-order valence-electron chi connectivity index (χ3n) is 3.48. The number of hydrogen-bond acceptors (Lipinski definition) is 3. The Morgan fingerprint density at radius 3 is 2.33 bits per heavy atom. The highest BCUT2D eigenvalue weighted by atomic mass is 35.5. The minimum atomic E-state index is -0.752. The number of urea groups is 2. The minimum absolute atomic E-state index is 0.220. The molecule has 1 aromatic carbocycles. The smallest absolute Gasteiger partial charge is 0.333 e. The zero-order valence-electron chi connectivity index (χ0n) is 13.1. The van der Waals surface area contributed by atoms with Crippen molar-refractivity contribution in [1.29, 1.82) is 0 Å². The number of halogens is 3. The number of benzene rings is 1. The Kier molecular flexibility index (Phi) is 5.63. The molecule has 1 fully saturated rings. The van der Waals surface area contributed by atoms with Gasteiger partial charge in [-0.05, 0) is 38.5 Å². The predicted octanol–water partition coefficient (Wildman–Crippen LogP) is 3.88. The van der Waals surface area contributed by atoms with E-state index in [2.05, 4.69) is 5.32 Å². The summed E-state index contributed by atoms with van der Waals surface area (Å²) in [6.07, 6.45) is 0.518. The first-order valence-corrected chi connectivity index (χ1v) is 8.42. The second-order valence-corrected chi connectivity index (χ2v) is 7.23. The molecule has 0 aliphatic carbocycles. The van der Waals surface area contributed by atoms with Crippen molar-refractivity contribution < 1.29 is 14.4 Å². The SMILES string of the molecule is CC(C)(CCCl)NC(=O)N1CC(=O)N(c2cc(Cl)cc(Cl)c2)C1=O. The molecule has 1 heterocycles. The van der Waals surface area contributed by atoms with E-state index in [4.69, 9.17) is 34.8 Å². The molecule has 0 radical (unpaired) electrons. The maximum atomic E-state index is 12.5. The molecular weight excluding hydrogens is 377 g/mol. The second kappa shape index (κ2) is 7.17. The van der Waals surface area contributed by atoms with Crippen LogP contribution in [0.4, 0.5) is 15.3 Å². The molecule has 0 bridgehead atoms. The van der Waals surface area contributed by atoms with Crippen molar-refractivity contribution >= 4 is 58.5 Å². The average molecular weight is 393 g/mol. The molecule has 0 saturated carbocycles. The molecule has 1 aliphatic heterocycles. The first-order chi connectivity index (χ1) is 11.1. The lowest BCUT2D eigenvalue weighted by atomic mass is 10.0. The van der Waals surface area contributed by atoms with Crippen LogP contribution in [0.2, 0.25) is 10.0 Å². The summed E-state index contributed by atoms with van der Waals surface area (Å²) in [7, 11) is 0. The highest BCUT2D eigenvalue weighted by Gasteiger charge is 2.42. The zero-order chi connectivity index (χ0) is 18.1. The van der Waals surface area contributed by atoms with Gasteiger partial charge in [0.25, 0.3) is 5.91 Å². The quantitative estimate of drug-likeness (QED) is 0.624. The van der Waals surface area contributed by atoms with Crippen LogP contribution in [0.15, 0.2) is 18.2 Å². The zero-order valence-corrected chi connectivity index (χ0v) is 15.4. The van der Waals surface area contributed by atoms with Gasteiger partial charge in [-0.2, -0.15) is 0 Å². The first-order valence-electron chi connectivity index (χ1n) is 7.13. The third kappa shape index (κ3) is 4.12. The third-order valence-corrected chi connectivity index (χ3v) is 4.11. The van der Waals surface area contributed by atoms with Gasteiger partial charge in [-0.15, -0.1) is 11.6 Å². The molecule has 1 saturated heterocycles. The molecule has 1 N–H and O–H groups in total. The second-order valence-electron chi connectivity index (χ2n) is 5.98. The van der Waals surface area contributed by atoms with Crippen LogP contribution >= 0.6 is 34.8 Å². The summed E-state index contributed by atoms with van der Waals surface area (Å²) in [5, 5.41) is 3.26. The van der Waals surface area contributed by atoms with Gasteiger partial charge >= 0.3 is 12.1 Å². The number of rotatable bonds is 4. The van der Waals surface area contributed by atoms with Gasteiger partial charge in [0.1, 0.15) is 6.54 Å². The average Bonchev–Trinajstić information content (AvgIpc) is 2.72. The Morgan fingerprint density at radius 1 is 1.21 bits per heavy atom. The Balaban J connectivity index is 2.21. The first kappa shape index (κ1) is 18.8. The molecule has 6 nitrogen and oxygen atoms in total. The number of nitrogens with one attached hydrogen (secondary N) is 1. The molecular formula is C15H16Cl3N3O3. The van der Waals surface area contributed by atoms with Gasteiger partial charge in [-0.25, -0.2) is 19.4 Å². The Morgan fingerprint density at radius 2 is 1.79 bits per heavy atom. The van der Waals surface area contributed by atoms with Gasteiger partial charge < -0.3 is 5.32 Å². The van der Waals surface area contributed by atoms with E-state index in [0.717, 1.165) is 9.80 Å². The number of amides is 5. The van der Waals surface area contributed by atoms with Crippen molar-refractivity contribution in [2.75, 3.05) is 17.3 Å². The summed E-state index contributed by atoms with van der Waals surface area (Å²) in [5.41, 5.74) is -0.382. The molecule has 1 aliphatic rings. The summed E-state index contributed by atoms with van der Waals surface area (Å²) < 4.78 is 0. The van der Waals surface area contributed by atoms with E-state index in [0.29, 0.717) is 12.3 Å². The van der Waals surface area contributed by atoms with Crippen molar-refractivity contribution in [3.63, 3.8) is 0 Å². The summed E-state index contributed by atoms with van der Waals surface area (Å²) in [6.45, 7) is 3.21. The lowest BCUT2D eigenvalue weighted by Gasteiger charge is -2.27. The van der Waals surface area contributed by atoms with E-state index in [1.54, 1.807) is 13.8 Å². The van der Waals surface area contributed by atoms with Crippen molar-refractivity contribution in [2.45, 2.75) is 25.8 Å². The number of imide groups is 2. The number of carbonyl (C=O) groups is 3. The normalized spacial score (nSPS) is 15.2. The molecule has 130 valence electrons. The van der Waals surface area contributed by atoms with Gasteiger partial charge in [0.15, 0.2) is 0 Å². The van der Waals surface area contributed by atoms with Gasteiger partial charge in [0.2, 0.25) is 0 Å². The van der Waals surface area contributed by atoms with Crippen molar-refractivity contribution in [3.05, 3.63) is 28.2 Å². The maximum Gasteiger partial charge on any atom is 0.340 e. The fourth-order valence-electron chi connectivity index (χ4n) is 2.24. The summed E-state index contributed by atoms with van der Waals surface area (Å²) in [4.78, 5) is 38.7. The molecule has 0 unspecified atom stereocenters. The number of nitrogens with zero attached hydrogens (tertiary/aromatic N) is 2. The van der Waals surface area contributed by atoms with Crippen molar-refractivity contribution in [2.24, 2.45) is 0 Å². The Labute approximate surface area is 154 Å². The highest BCUT2D eigenvalue weighted by Crippen LogP contribution is 2.28. The van der Waals surface area contributed by atoms with Crippen LogP contribution in [0.25, 0.3) is 0 Å². The predicted molar refractivity (Wildman–Crippen MR) is 94.0 cm³/mol. The van der Waals surface area contributed by atoms with Crippen LogP contribution in [0.3, 0.4) is 0 Å². The van der Waals surface area contributed by atoms with Crippen molar-refractivity contribution in [3.8, 4) is 0 Å². The summed E-state index contributed by atoms with van der Waals surface area (Å²) >= 11 is 17.5. The standard InChI is InChI=1S/C15H16Cl3N3O3/c1-15(2,3-4-16)19-13(23)20-8-12(22)21(14(20)24)11-6-9(17)5-10(18)7-11/h5-7H,3-4,8H2,1-2H3,(H,19,23). The largest absolute Gasteiger partial charge is 0.340 e. The van der Waals surface area contributed by atoms with E-state index in [1.807, 2.05) is 0 Å². The van der Waals surface area contributed by atoms with Crippen LogP contribution in [-0.2, 0) is 4.79 Å². The topological polar surface area (TPSA) is 69.7 Å². The van der Waals surface area contributed by atoms with Crippen LogP contribution in [0.5, 0.6) is 0 Å². The molecule has 2 rings (SSSR count). The fourth-order valence-corrected chi connectivity index (χ4v) is 3.23. The van der Waals surface area contributed by atoms with Gasteiger partial charge in [-0.3, -0.25) is 4.79 Å². The van der Waals surface area contributed by atoms with Crippen LogP contribution in [-0.4, -0.2) is 40.8 Å². The summed E-state index contributed by atoms with van der Waals surface area (Å²) in [6, 6.07) is 2.94. The Hall–Kier alpha value is -1.50. The van der Waals surface area contributed by atoms with Crippen LogP contribution in [0.1, 0.15) is 20.3 Å². The van der Waals surface area contributed by atoms with Crippen LogP contribution in [0, 0.1) is 0 Å². The molecule has 24 heavy (non-hydrogen) atoms. The van der Waals surface area contributed by atoms with E-state index >= 15 is 0 Å². The molecule has 9 heteroatoms. The molecule has 0 spiro atoms. The molecule has 5 amide bonds. The fraction of sp³-hybridized carbons (Fsp3) is 0.400. The molecule has 1 aromatic rings. The Bertz CT molecular complexity index is 674. The van der Waals surface area contributed by atoms with Crippen molar-refractivity contribution in [1.82, 2.24) is 10.2 Å². The minimum Gasteiger partial charge on any atom is -0.333 e. The van der Waals surface area contributed by atoms with Crippen LogP contribution < -0.4 is 10.2 Å². The lowest BCUT2D eigenvalue weighted by Crippen LogP contribution is -2.51. The number of alkyl halides is 1. The summed E-state index contributed by atoms with van der Waals surface area (Å²) in [5.74, 6) is -0.184. The number of carbonyl (C=O) groups excluding carboxylic acids is 3. The highest BCUT2D eigenvalue weighted by molar-refractivity contribution is 6.35. The molecule has 0 atom stereocenters.